The van der Waals surface area contributed by atoms with Crippen molar-refractivity contribution in [3.05, 3.63) is 45.7 Å². The number of aryl methyl sites for hydroxylation is 2. The van der Waals surface area contributed by atoms with Crippen LogP contribution in [0.15, 0.2) is 17.9 Å². The van der Waals surface area contributed by atoms with Gasteiger partial charge in [0, 0.05) is 22.3 Å². The van der Waals surface area contributed by atoms with Crippen LogP contribution in [0.2, 0.25) is 0 Å². The Morgan fingerprint density at radius 2 is 1.65 bits per heavy atom. The molecule has 20 heavy (non-hydrogen) atoms. The van der Waals surface area contributed by atoms with Crippen LogP contribution in [-0.2, 0) is 9.53 Å². The average Bonchev–Trinajstić information content (AvgIpc) is 2.43. The van der Waals surface area contributed by atoms with Gasteiger partial charge in [0.2, 0.25) is 11.6 Å². The lowest BCUT2D eigenvalue weighted by atomic mass is 9.79. The molecule has 4 heteroatoms. The predicted molar refractivity (Wildman–Crippen MR) is 74.0 cm³/mol. The maximum atomic E-state index is 12.3. The first-order chi connectivity index (χ1) is 9.47. The minimum absolute atomic E-state index is 0.176. The van der Waals surface area contributed by atoms with E-state index in [1.807, 2.05) is 19.9 Å². The second-order valence-electron chi connectivity index (χ2n) is 5.17. The van der Waals surface area contributed by atoms with Gasteiger partial charge in [-0.25, -0.2) is 0 Å². The SMILES string of the molecule is CC1=C2OC=C(CO)c3c(C)cc(C)c(c32)C(=O)C1=O. The van der Waals surface area contributed by atoms with Crippen LogP contribution in [0.3, 0.4) is 0 Å². The zero-order valence-electron chi connectivity index (χ0n) is 11.5. The van der Waals surface area contributed by atoms with Crippen molar-refractivity contribution >= 4 is 22.9 Å². The number of rotatable bonds is 1. The molecule has 1 aliphatic heterocycles. The molecule has 0 amide bonds. The van der Waals surface area contributed by atoms with Crippen molar-refractivity contribution in [1.29, 1.82) is 0 Å². The molecule has 102 valence electrons. The summed E-state index contributed by atoms with van der Waals surface area (Å²) >= 11 is 0. The Morgan fingerprint density at radius 1 is 1.00 bits per heavy atom. The normalized spacial score (nSPS) is 16.9. The molecule has 1 N–H and O–H groups in total. The first kappa shape index (κ1) is 12.8. The molecule has 0 saturated carbocycles. The summed E-state index contributed by atoms with van der Waals surface area (Å²) in [5, 5.41) is 9.47. The molecule has 0 unspecified atom stereocenters. The van der Waals surface area contributed by atoms with Gasteiger partial charge in [-0.2, -0.15) is 0 Å². The molecular formula is C16H14O4. The number of ether oxygens (including phenoxy) is 1. The van der Waals surface area contributed by atoms with Crippen LogP contribution >= 0.6 is 0 Å². The lowest BCUT2D eigenvalue weighted by molar-refractivity contribution is -0.111. The van der Waals surface area contributed by atoms with Crippen molar-refractivity contribution in [2.45, 2.75) is 20.8 Å². The fraction of sp³-hybridized carbons (Fsp3) is 0.250. The average molecular weight is 270 g/mol. The molecule has 0 fully saturated rings. The topological polar surface area (TPSA) is 63.6 Å². The largest absolute Gasteiger partial charge is 0.463 e. The first-order valence-electron chi connectivity index (χ1n) is 6.38. The second kappa shape index (κ2) is 4.15. The van der Waals surface area contributed by atoms with E-state index >= 15 is 0 Å². The van der Waals surface area contributed by atoms with Gasteiger partial charge in [0.15, 0.2) is 0 Å². The predicted octanol–water partition coefficient (Wildman–Crippen LogP) is 2.16. The van der Waals surface area contributed by atoms with Gasteiger partial charge < -0.3 is 9.84 Å². The zero-order chi connectivity index (χ0) is 14.6. The van der Waals surface area contributed by atoms with E-state index in [9.17, 15) is 14.7 Å². The number of ketones is 2. The summed E-state index contributed by atoms with van der Waals surface area (Å²) in [6.07, 6.45) is 1.45. The third-order valence-corrected chi connectivity index (χ3v) is 3.87. The molecule has 0 atom stereocenters. The number of aliphatic hydroxyl groups excluding tert-OH is 1. The van der Waals surface area contributed by atoms with Crippen molar-refractivity contribution < 1.29 is 19.4 Å². The van der Waals surface area contributed by atoms with Gasteiger partial charge in [-0.3, -0.25) is 9.59 Å². The molecule has 0 radical (unpaired) electrons. The van der Waals surface area contributed by atoms with Gasteiger partial charge in [0.05, 0.1) is 12.9 Å². The Labute approximate surface area is 116 Å². The highest BCUT2D eigenvalue weighted by Gasteiger charge is 2.37. The minimum atomic E-state index is -0.522. The number of benzene rings is 1. The highest BCUT2D eigenvalue weighted by atomic mass is 16.5. The van der Waals surface area contributed by atoms with E-state index in [0.29, 0.717) is 28.0 Å². The highest BCUT2D eigenvalue weighted by Crippen LogP contribution is 2.42. The van der Waals surface area contributed by atoms with Gasteiger partial charge >= 0.3 is 0 Å². The van der Waals surface area contributed by atoms with E-state index < -0.39 is 11.6 Å². The zero-order valence-corrected chi connectivity index (χ0v) is 11.5. The number of carbonyl (C=O) groups is 2. The van der Waals surface area contributed by atoms with Crippen LogP contribution < -0.4 is 0 Å². The van der Waals surface area contributed by atoms with Crippen LogP contribution in [0, 0.1) is 13.8 Å². The van der Waals surface area contributed by atoms with E-state index in [-0.39, 0.29) is 6.61 Å². The summed E-state index contributed by atoms with van der Waals surface area (Å²) in [6.45, 7) is 5.15. The number of hydrogen-bond donors (Lipinski definition) is 1. The molecule has 1 aliphatic carbocycles. The maximum absolute atomic E-state index is 12.3. The molecular weight excluding hydrogens is 256 g/mol. The number of Topliss-reactive ketones (excluding diaryl/α,β-unsaturated/α-hetero) is 2. The lowest BCUT2D eigenvalue weighted by Gasteiger charge is -2.28. The molecule has 0 bridgehead atoms. The van der Waals surface area contributed by atoms with Crippen LogP contribution in [0.5, 0.6) is 0 Å². The Balaban J connectivity index is 2.49. The second-order valence-corrected chi connectivity index (χ2v) is 5.17. The van der Waals surface area contributed by atoms with Gasteiger partial charge in [0.25, 0.3) is 0 Å². The van der Waals surface area contributed by atoms with Gasteiger partial charge in [0.1, 0.15) is 5.76 Å². The van der Waals surface area contributed by atoms with Crippen molar-refractivity contribution in [2.24, 2.45) is 0 Å². The molecule has 1 aromatic rings. The first-order valence-corrected chi connectivity index (χ1v) is 6.38. The summed E-state index contributed by atoms with van der Waals surface area (Å²) in [7, 11) is 0. The smallest absolute Gasteiger partial charge is 0.234 e. The quantitative estimate of drug-likeness (QED) is 0.794. The number of hydrogen-bond acceptors (Lipinski definition) is 4. The highest BCUT2D eigenvalue weighted by molar-refractivity contribution is 6.52. The van der Waals surface area contributed by atoms with E-state index in [2.05, 4.69) is 0 Å². The van der Waals surface area contributed by atoms with Crippen molar-refractivity contribution in [2.75, 3.05) is 6.61 Å². The molecule has 0 aromatic heterocycles. The van der Waals surface area contributed by atoms with E-state index in [1.165, 1.54) is 6.26 Å². The molecule has 2 aliphatic rings. The fourth-order valence-corrected chi connectivity index (χ4v) is 2.95. The van der Waals surface area contributed by atoms with Crippen LogP contribution in [-0.4, -0.2) is 23.3 Å². The van der Waals surface area contributed by atoms with Crippen LogP contribution in [0.1, 0.15) is 39.5 Å². The van der Waals surface area contributed by atoms with Gasteiger partial charge in [-0.15, -0.1) is 0 Å². The Bertz CT molecular complexity index is 735. The summed E-state index contributed by atoms with van der Waals surface area (Å²) in [6, 6.07) is 1.87. The van der Waals surface area contributed by atoms with Crippen molar-refractivity contribution in [3.8, 4) is 0 Å². The van der Waals surface area contributed by atoms with Gasteiger partial charge in [-0.1, -0.05) is 6.07 Å². The van der Waals surface area contributed by atoms with E-state index in [0.717, 1.165) is 16.7 Å². The van der Waals surface area contributed by atoms with Gasteiger partial charge in [-0.05, 0) is 37.5 Å². The molecule has 4 nitrogen and oxygen atoms in total. The van der Waals surface area contributed by atoms with E-state index in [1.54, 1.807) is 6.92 Å². The number of carbonyl (C=O) groups excluding carboxylic acids is 2. The van der Waals surface area contributed by atoms with Crippen molar-refractivity contribution in [3.63, 3.8) is 0 Å². The lowest BCUT2D eigenvalue weighted by Crippen LogP contribution is -2.27. The molecule has 3 rings (SSSR count). The van der Waals surface area contributed by atoms with Crippen LogP contribution in [0.25, 0.3) is 11.3 Å². The number of allylic oxidation sites excluding steroid dienone is 1. The number of aliphatic hydroxyl groups is 1. The fourth-order valence-electron chi connectivity index (χ4n) is 2.95. The Hall–Kier alpha value is -2.20. The maximum Gasteiger partial charge on any atom is 0.234 e. The third-order valence-electron chi connectivity index (χ3n) is 3.87. The van der Waals surface area contributed by atoms with Crippen molar-refractivity contribution in [1.82, 2.24) is 0 Å². The molecule has 1 aromatic carbocycles. The third kappa shape index (κ3) is 1.45. The molecule has 1 heterocycles. The Morgan fingerprint density at radius 3 is 2.30 bits per heavy atom. The summed E-state index contributed by atoms with van der Waals surface area (Å²) in [5.74, 6) is -0.586. The Kier molecular flexibility index (Phi) is 2.66. The minimum Gasteiger partial charge on any atom is -0.463 e. The summed E-state index contributed by atoms with van der Waals surface area (Å²) in [4.78, 5) is 24.3. The summed E-state index contributed by atoms with van der Waals surface area (Å²) < 4.78 is 5.51. The van der Waals surface area contributed by atoms with Crippen LogP contribution in [0.4, 0.5) is 0 Å². The molecule has 0 saturated heterocycles. The standard InChI is InChI=1S/C16H14O4/c1-7-4-8(2)12-13-11(7)10(5-17)6-20-16(13)9(3)14(18)15(12)19/h4,6,17H,5H2,1-3H3. The summed E-state index contributed by atoms with van der Waals surface area (Å²) in [5.41, 5.74) is 4.50. The molecule has 0 spiro atoms. The van der Waals surface area contributed by atoms with E-state index in [4.69, 9.17) is 4.74 Å². The monoisotopic (exact) mass is 270 g/mol.